The van der Waals surface area contributed by atoms with E-state index >= 15 is 0 Å². The van der Waals surface area contributed by atoms with Gasteiger partial charge in [0.15, 0.2) is 0 Å². The Hall–Kier alpha value is -0.160. The molecule has 0 aromatic heterocycles. The Kier molecular flexibility index (Phi) is 3.38. The highest BCUT2D eigenvalue weighted by Gasteiger charge is 2.61. The van der Waals surface area contributed by atoms with E-state index in [9.17, 15) is 20.4 Å². The number of rotatable bonds is 0. The first-order chi connectivity index (χ1) is 10.0. The first kappa shape index (κ1) is 14.4. The zero-order chi connectivity index (χ0) is 14.8. The second-order valence-electron chi connectivity index (χ2n) is 8.18. The van der Waals surface area contributed by atoms with Crippen LogP contribution >= 0.6 is 0 Å². The van der Waals surface area contributed by atoms with Crippen LogP contribution < -0.4 is 0 Å². The molecule has 0 aliphatic heterocycles. The molecule has 0 aromatic rings. The van der Waals surface area contributed by atoms with E-state index in [1.165, 1.54) is 19.3 Å². The van der Waals surface area contributed by atoms with E-state index in [0.29, 0.717) is 30.6 Å². The molecular formula is C17H28O4. The van der Waals surface area contributed by atoms with Crippen molar-refractivity contribution in [3.8, 4) is 0 Å². The summed E-state index contributed by atoms with van der Waals surface area (Å²) < 4.78 is 0. The van der Waals surface area contributed by atoms with Crippen molar-refractivity contribution in [2.24, 2.45) is 29.6 Å². The van der Waals surface area contributed by atoms with Gasteiger partial charge < -0.3 is 20.4 Å². The first-order valence-corrected chi connectivity index (χ1v) is 8.77. The standard InChI is InChI=1S/C17H28O4/c18-10-4-5-13-16-12(7-15(20)17(13,21)8-10)11-3-1-2-9(11)6-14(16)19/h9-16,18-21H,1-8H2. The number of fused-ring (bicyclic) bond motifs is 5. The fraction of sp³-hybridized carbons (Fsp3) is 1.00. The maximum atomic E-state index is 11.0. The molecule has 0 radical (unpaired) electrons. The predicted octanol–water partition coefficient (Wildman–Crippen LogP) is 1.06. The summed E-state index contributed by atoms with van der Waals surface area (Å²) in [6.07, 6.45) is 5.23. The summed E-state index contributed by atoms with van der Waals surface area (Å²) in [4.78, 5) is 0. The molecule has 4 aliphatic carbocycles. The van der Waals surface area contributed by atoms with Gasteiger partial charge in [0, 0.05) is 6.42 Å². The molecule has 4 nitrogen and oxygen atoms in total. The molecule has 0 heterocycles. The molecular weight excluding hydrogens is 268 g/mol. The van der Waals surface area contributed by atoms with Crippen LogP contribution in [0.1, 0.15) is 51.4 Å². The Labute approximate surface area is 126 Å². The largest absolute Gasteiger partial charge is 0.393 e. The maximum Gasteiger partial charge on any atom is 0.0961 e. The van der Waals surface area contributed by atoms with Gasteiger partial charge in [0.25, 0.3) is 0 Å². The lowest BCUT2D eigenvalue weighted by Crippen LogP contribution is -2.64. The van der Waals surface area contributed by atoms with Crippen LogP contribution in [0.5, 0.6) is 0 Å². The molecule has 4 fully saturated rings. The zero-order valence-corrected chi connectivity index (χ0v) is 12.6. The normalized spacial score (nSPS) is 60.0. The van der Waals surface area contributed by atoms with Gasteiger partial charge in [-0.1, -0.05) is 12.8 Å². The highest BCUT2D eigenvalue weighted by atomic mass is 16.3. The van der Waals surface area contributed by atoms with Crippen molar-refractivity contribution in [3.63, 3.8) is 0 Å². The van der Waals surface area contributed by atoms with Gasteiger partial charge in [0.05, 0.1) is 23.9 Å². The minimum Gasteiger partial charge on any atom is -0.393 e. The van der Waals surface area contributed by atoms with Gasteiger partial charge in [-0.25, -0.2) is 0 Å². The molecule has 4 aliphatic rings. The molecule has 0 bridgehead atoms. The van der Waals surface area contributed by atoms with Crippen molar-refractivity contribution < 1.29 is 20.4 Å². The third-order valence-electron chi connectivity index (χ3n) is 7.30. The third-order valence-corrected chi connectivity index (χ3v) is 7.30. The molecule has 9 atom stereocenters. The summed E-state index contributed by atoms with van der Waals surface area (Å²) >= 11 is 0. The van der Waals surface area contributed by atoms with Crippen LogP contribution in [0.4, 0.5) is 0 Å². The molecule has 4 N–H and O–H groups in total. The molecule has 0 amide bonds. The van der Waals surface area contributed by atoms with Crippen LogP contribution in [-0.4, -0.2) is 44.3 Å². The summed E-state index contributed by atoms with van der Waals surface area (Å²) in [7, 11) is 0. The lowest BCUT2D eigenvalue weighted by atomic mass is 9.50. The molecule has 9 unspecified atom stereocenters. The van der Waals surface area contributed by atoms with Crippen LogP contribution in [0, 0.1) is 29.6 Å². The van der Waals surface area contributed by atoms with Gasteiger partial charge in [0.2, 0.25) is 0 Å². The number of aliphatic hydroxyl groups is 4. The van der Waals surface area contributed by atoms with Gasteiger partial charge in [-0.2, -0.15) is 0 Å². The average molecular weight is 296 g/mol. The molecule has 0 aromatic carbocycles. The van der Waals surface area contributed by atoms with Crippen molar-refractivity contribution in [2.75, 3.05) is 0 Å². The van der Waals surface area contributed by atoms with E-state index in [4.69, 9.17) is 0 Å². The van der Waals surface area contributed by atoms with E-state index < -0.39 is 17.8 Å². The lowest BCUT2D eigenvalue weighted by molar-refractivity contribution is -0.233. The number of hydrogen-bond acceptors (Lipinski definition) is 4. The van der Waals surface area contributed by atoms with Crippen molar-refractivity contribution in [1.82, 2.24) is 0 Å². The predicted molar refractivity (Wildman–Crippen MR) is 77.4 cm³/mol. The summed E-state index contributed by atoms with van der Waals surface area (Å²) in [5.74, 6) is 1.67. The van der Waals surface area contributed by atoms with Gasteiger partial charge in [0.1, 0.15) is 0 Å². The summed E-state index contributed by atoms with van der Waals surface area (Å²) in [6, 6.07) is 0. The summed E-state index contributed by atoms with van der Waals surface area (Å²) in [6.45, 7) is 0. The second kappa shape index (κ2) is 4.92. The molecule has 4 heteroatoms. The minimum absolute atomic E-state index is 0.0498. The van der Waals surface area contributed by atoms with Crippen LogP contribution in [0.15, 0.2) is 0 Å². The lowest BCUT2D eigenvalue weighted by Gasteiger charge is -2.59. The Morgan fingerprint density at radius 3 is 2.48 bits per heavy atom. The van der Waals surface area contributed by atoms with Crippen LogP contribution in [0.3, 0.4) is 0 Å². The zero-order valence-electron chi connectivity index (χ0n) is 12.6. The van der Waals surface area contributed by atoms with Crippen LogP contribution in [0.2, 0.25) is 0 Å². The van der Waals surface area contributed by atoms with Crippen LogP contribution in [-0.2, 0) is 0 Å². The highest BCUT2D eigenvalue weighted by molar-refractivity contribution is 5.11. The third kappa shape index (κ3) is 2.03. The highest BCUT2D eigenvalue weighted by Crippen LogP contribution is 2.59. The molecule has 4 saturated carbocycles. The average Bonchev–Trinajstić information content (AvgIpc) is 2.87. The Balaban J connectivity index is 1.67. The quantitative estimate of drug-likeness (QED) is 0.539. The summed E-state index contributed by atoms with van der Waals surface area (Å²) in [5.41, 5.74) is -1.19. The number of aliphatic hydroxyl groups excluding tert-OH is 3. The second-order valence-corrected chi connectivity index (χ2v) is 8.18. The van der Waals surface area contributed by atoms with Gasteiger partial charge in [-0.15, -0.1) is 0 Å². The molecule has 4 rings (SSSR count). The maximum absolute atomic E-state index is 11.0. The Morgan fingerprint density at radius 2 is 1.67 bits per heavy atom. The van der Waals surface area contributed by atoms with Crippen molar-refractivity contribution in [2.45, 2.75) is 75.3 Å². The monoisotopic (exact) mass is 296 g/mol. The van der Waals surface area contributed by atoms with Gasteiger partial charge in [-0.05, 0) is 61.7 Å². The first-order valence-electron chi connectivity index (χ1n) is 8.77. The topological polar surface area (TPSA) is 80.9 Å². The molecule has 0 spiro atoms. The van der Waals surface area contributed by atoms with Gasteiger partial charge >= 0.3 is 0 Å². The minimum atomic E-state index is -1.19. The van der Waals surface area contributed by atoms with E-state index in [-0.39, 0.29) is 24.4 Å². The smallest absolute Gasteiger partial charge is 0.0961 e. The van der Waals surface area contributed by atoms with E-state index in [0.717, 1.165) is 12.8 Å². The van der Waals surface area contributed by atoms with Crippen molar-refractivity contribution in [1.29, 1.82) is 0 Å². The summed E-state index contributed by atoms with van der Waals surface area (Å²) in [5, 5.41) is 42.2. The van der Waals surface area contributed by atoms with E-state index in [1.54, 1.807) is 0 Å². The number of hydrogen-bond donors (Lipinski definition) is 4. The molecule has 21 heavy (non-hydrogen) atoms. The van der Waals surface area contributed by atoms with E-state index in [1.807, 2.05) is 0 Å². The SMILES string of the molecule is OC1CCC2C3C(O)CC4CCCC4C3CC(O)C2(O)C1. The molecule has 0 saturated heterocycles. The van der Waals surface area contributed by atoms with Crippen molar-refractivity contribution in [3.05, 3.63) is 0 Å². The fourth-order valence-corrected chi connectivity index (χ4v) is 6.48. The van der Waals surface area contributed by atoms with Crippen molar-refractivity contribution >= 4 is 0 Å². The fourth-order valence-electron chi connectivity index (χ4n) is 6.48. The van der Waals surface area contributed by atoms with Gasteiger partial charge in [-0.3, -0.25) is 0 Å². The Bertz CT molecular complexity index is 414. The van der Waals surface area contributed by atoms with Crippen LogP contribution in [0.25, 0.3) is 0 Å². The Morgan fingerprint density at radius 1 is 0.857 bits per heavy atom. The van der Waals surface area contributed by atoms with E-state index in [2.05, 4.69) is 0 Å². The molecule has 120 valence electrons.